The third-order valence-corrected chi connectivity index (χ3v) is 2.91. The molecule has 1 atom stereocenters. The second kappa shape index (κ2) is 5.78. The molecule has 19 heavy (non-hydrogen) atoms. The van der Waals surface area contributed by atoms with E-state index in [0.29, 0.717) is 12.0 Å². The Kier molecular flexibility index (Phi) is 3.89. The van der Waals surface area contributed by atoms with Crippen LogP contribution in [0.25, 0.3) is 11.1 Å². The molecule has 4 heteroatoms. The molecule has 0 saturated carbocycles. The zero-order chi connectivity index (χ0) is 13.7. The highest BCUT2D eigenvalue weighted by molar-refractivity contribution is 5.69. The highest BCUT2D eigenvalue weighted by Gasteiger charge is 2.07. The van der Waals surface area contributed by atoms with Crippen LogP contribution in [0.5, 0.6) is 0 Å². The molecule has 0 aliphatic carbocycles. The van der Waals surface area contributed by atoms with E-state index in [2.05, 4.69) is 16.4 Å². The molecule has 94 valence electrons. The molecule has 2 aromatic rings. The van der Waals surface area contributed by atoms with Crippen molar-refractivity contribution < 1.29 is 4.79 Å². The predicted octanol–water partition coefficient (Wildman–Crippen LogP) is 2.43. The summed E-state index contributed by atoms with van der Waals surface area (Å²) < 4.78 is 0. The number of carbonyl (C=O) groups excluding carboxylic acids is 1. The van der Waals surface area contributed by atoms with Crippen LogP contribution >= 0.6 is 0 Å². The number of aromatic nitrogens is 1. The number of pyridine rings is 1. The lowest BCUT2D eigenvalue weighted by Crippen LogP contribution is -2.17. The fourth-order valence-corrected chi connectivity index (χ4v) is 1.84. The van der Waals surface area contributed by atoms with Crippen LogP contribution in [-0.4, -0.2) is 11.4 Å². The minimum absolute atomic E-state index is 0.127. The molecule has 0 radical (unpaired) electrons. The largest absolute Gasteiger partial charge is 0.351 e. The average Bonchev–Trinajstić information content (AvgIpc) is 2.47. The molecule has 1 unspecified atom stereocenters. The Morgan fingerprint density at radius 3 is 2.74 bits per heavy atom. The molecular formula is C15H13N3O. The second-order valence-electron chi connectivity index (χ2n) is 4.14. The van der Waals surface area contributed by atoms with Crippen LogP contribution in [0.1, 0.15) is 24.2 Å². The van der Waals surface area contributed by atoms with E-state index >= 15 is 0 Å². The standard InChI is InChI=1S/C15H13N3O/c1-11(18-10-19)15-7-6-13(9-17-15)14-5-3-2-4-12(14)8-16/h2-7,9-11H,1H3,(H,18,19). The lowest BCUT2D eigenvalue weighted by atomic mass is 10.0. The second-order valence-corrected chi connectivity index (χ2v) is 4.14. The maximum absolute atomic E-state index is 10.4. The van der Waals surface area contributed by atoms with Crippen molar-refractivity contribution in [2.24, 2.45) is 0 Å². The molecule has 0 spiro atoms. The number of rotatable bonds is 4. The minimum Gasteiger partial charge on any atom is -0.351 e. The summed E-state index contributed by atoms with van der Waals surface area (Å²) in [4.78, 5) is 14.7. The first-order chi connectivity index (χ1) is 9.26. The molecule has 1 amide bonds. The SMILES string of the molecule is CC(NC=O)c1ccc(-c2ccccc2C#N)cn1. The lowest BCUT2D eigenvalue weighted by Gasteiger charge is -2.10. The molecule has 0 bridgehead atoms. The van der Waals surface area contributed by atoms with Crippen molar-refractivity contribution in [2.45, 2.75) is 13.0 Å². The summed E-state index contributed by atoms with van der Waals surface area (Å²) in [5, 5.41) is 11.7. The van der Waals surface area contributed by atoms with E-state index in [1.54, 1.807) is 12.3 Å². The molecular weight excluding hydrogens is 238 g/mol. The van der Waals surface area contributed by atoms with Gasteiger partial charge < -0.3 is 5.32 Å². The Balaban J connectivity index is 2.33. The summed E-state index contributed by atoms with van der Waals surface area (Å²) in [7, 11) is 0. The van der Waals surface area contributed by atoms with Crippen LogP contribution < -0.4 is 5.32 Å². The van der Waals surface area contributed by atoms with Crippen molar-refractivity contribution in [2.75, 3.05) is 0 Å². The van der Waals surface area contributed by atoms with Gasteiger partial charge in [-0.3, -0.25) is 9.78 Å². The van der Waals surface area contributed by atoms with Crippen LogP contribution in [0.15, 0.2) is 42.6 Å². The third-order valence-electron chi connectivity index (χ3n) is 2.91. The first kappa shape index (κ1) is 12.8. The quantitative estimate of drug-likeness (QED) is 0.849. The van der Waals surface area contributed by atoms with E-state index in [4.69, 9.17) is 5.26 Å². The zero-order valence-electron chi connectivity index (χ0n) is 10.5. The molecule has 0 saturated heterocycles. The van der Waals surface area contributed by atoms with Gasteiger partial charge in [-0.2, -0.15) is 5.26 Å². The van der Waals surface area contributed by atoms with Gasteiger partial charge in [-0.15, -0.1) is 0 Å². The van der Waals surface area contributed by atoms with Crippen molar-refractivity contribution in [1.82, 2.24) is 10.3 Å². The van der Waals surface area contributed by atoms with Crippen molar-refractivity contribution in [3.63, 3.8) is 0 Å². The molecule has 0 aliphatic rings. The van der Waals surface area contributed by atoms with Gasteiger partial charge in [0, 0.05) is 17.3 Å². The number of nitrogens with one attached hydrogen (secondary N) is 1. The van der Waals surface area contributed by atoms with E-state index in [1.165, 1.54) is 0 Å². The summed E-state index contributed by atoms with van der Waals surface area (Å²) in [6.07, 6.45) is 2.37. The predicted molar refractivity (Wildman–Crippen MR) is 72.0 cm³/mol. The molecule has 1 heterocycles. The maximum Gasteiger partial charge on any atom is 0.207 e. The molecule has 1 aromatic carbocycles. The third kappa shape index (κ3) is 2.78. The number of nitriles is 1. The van der Waals surface area contributed by atoms with Gasteiger partial charge in [0.1, 0.15) is 0 Å². The highest BCUT2D eigenvalue weighted by atomic mass is 16.1. The van der Waals surface area contributed by atoms with Gasteiger partial charge in [0.25, 0.3) is 0 Å². The van der Waals surface area contributed by atoms with Crippen molar-refractivity contribution in [1.29, 1.82) is 5.26 Å². The van der Waals surface area contributed by atoms with Gasteiger partial charge in [0.2, 0.25) is 6.41 Å². The Hall–Kier alpha value is -2.67. The molecule has 0 fully saturated rings. The van der Waals surface area contributed by atoms with Gasteiger partial charge in [0.05, 0.1) is 23.4 Å². The van der Waals surface area contributed by atoms with E-state index in [0.717, 1.165) is 16.8 Å². The van der Waals surface area contributed by atoms with Crippen LogP contribution in [0.3, 0.4) is 0 Å². The number of nitrogens with zero attached hydrogens (tertiary/aromatic N) is 2. The first-order valence-electron chi connectivity index (χ1n) is 5.91. The summed E-state index contributed by atoms with van der Waals surface area (Å²) in [5.41, 5.74) is 3.15. The summed E-state index contributed by atoms with van der Waals surface area (Å²) >= 11 is 0. The van der Waals surface area contributed by atoms with Gasteiger partial charge in [0.15, 0.2) is 0 Å². The monoisotopic (exact) mass is 251 g/mol. The maximum atomic E-state index is 10.4. The smallest absolute Gasteiger partial charge is 0.207 e. The fraction of sp³-hybridized carbons (Fsp3) is 0.133. The molecule has 1 aromatic heterocycles. The lowest BCUT2D eigenvalue weighted by molar-refractivity contribution is -0.110. The summed E-state index contributed by atoms with van der Waals surface area (Å²) in [6.45, 7) is 1.86. The number of benzene rings is 1. The first-order valence-corrected chi connectivity index (χ1v) is 5.91. The van der Waals surface area contributed by atoms with E-state index in [9.17, 15) is 4.79 Å². The molecule has 4 nitrogen and oxygen atoms in total. The number of hydrogen-bond acceptors (Lipinski definition) is 3. The van der Waals surface area contributed by atoms with Crippen molar-refractivity contribution >= 4 is 6.41 Å². The Bertz CT molecular complexity index is 614. The summed E-state index contributed by atoms with van der Waals surface area (Å²) in [5.74, 6) is 0. The van der Waals surface area contributed by atoms with Gasteiger partial charge >= 0.3 is 0 Å². The van der Waals surface area contributed by atoms with E-state index in [1.807, 2.05) is 37.3 Å². The highest BCUT2D eigenvalue weighted by Crippen LogP contribution is 2.23. The number of carbonyl (C=O) groups is 1. The van der Waals surface area contributed by atoms with Crippen LogP contribution in [0, 0.1) is 11.3 Å². The Labute approximate surface area is 111 Å². The van der Waals surface area contributed by atoms with Gasteiger partial charge in [-0.25, -0.2) is 0 Å². The van der Waals surface area contributed by atoms with Crippen LogP contribution in [-0.2, 0) is 4.79 Å². The van der Waals surface area contributed by atoms with E-state index in [-0.39, 0.29) is 6.04 Å². The van der Waals surface area contributed by atoms with Crippen molar-refractivity contribution in [3.05, 3.63) is 53.9 Å². The van der Waals surface area contributed by atoms with E-state index < -0.39 is 0 Å². The van der Waals surface area contributed by atoms with Crippen LogP contribution in [0.2, 0.25) is 0 Å². The average molecular weight is 251 g/mol. The number of amides is 1. The topological polar surface area (TPSA) is 65.8 Å². The molecule has 0 aliphatic heterocycles. The zero-order valence-corrected chi connectivity index (χ0v) is 10.5. The van der Waals surface area contributed by atoms with Gasteiger partial charge in [-0.1, -0.05) is 24.3 Å². The Morgan fingerprint density at radius 2 is 2.11 bits per heavy atom. The normalized spacial score (nSPS) is 11.4. The number of hydrogen-bond donors (Lipinski definition) is 1. The Morgan fingerprint density at radius 1 is 1.32 bits per heavy atom. The van der Waals surface area contributed by atoms with Crippen LogP contribution in [0.4, 0.5) is 0 Å². The van der Waals surface area contributed by atoms with Gasteiger partial charge in [-0.05, 0) is 19.1 Å². The molecule has 1 N–H and O–H groups in total. The minimum atomic E-state index is -0.127. The van der Waals surface area contributed by atoms with Crippen molar-refractivity contribution in [3.8, 4) is 17.2 Å². The summed E-state index contributed by atoms with van der Waals surface area (Å²) in [6, 6.07) is 13.2. The fourth-order valence-electron chi connectivity index (χ4n) is 1.84. The molecule has 2 rings (SSSR count).